The minimum Gasteiger partial charge on any atom is -0.507 e. The Bertz CT molecular complexity index is 1460. The first kappa shape index (κ1) is 18.0. The van der Waals surface area contributed by atoms with Crippen molar-refractivity contribution in [3.05, 3.63) is 71.3 Å². The van der Waals surface area contributed by atoms with E-state index in [0.717, 1.165) is 16.8 Å². The van der Waals surface area contributed by atoms with Crippen LogP contribution in [0.4, 0.5) is 0 Å². The van der Waals surface area contributed by atoms with Gasteiger partial charge in [0.25, 0.3) is 0 Å². The zero-order chi connectivity index (χ0) is 21.0. The molecule has 3 N–H and O–H groups in total. The zero-order valence-electron chi connectivity index (χ0n) is 16.4. The minimum absolute atomic E-state index is 0.0270. The number of fused-ring (bicyclic) bond motifs is 3. The summed E-state index contributed by atoms with van der Waals surface area (Å²) in [5.74, 6) is 0.643. The highest BCUT2D eigenvalue weighted by Gasteiger charge is 2.16. The van der Waals surface area contributed by atoms with Crippen LogP contribution < -0.4 is 0 Å². The standard InChI is InChI=1S/C24H18N2O4/c1-12-3-4-14(9-13(12)2)19-7-8-20(30-19)23-25-17-6-5-15-10-16(24(28)29)11-18(27)21(15)22(17)26-23/h3-11,27H,1-2H3,(H,25,26)(H,28,29). The van der Waals surface area contributed by atoms with Crippen molar-refractivity contribution in [1.29, 1.82) is 0 Å². The van der Waals surface area contributed by atoms with Gasteiger partial charge in [0.15, 0.2) is 11.6 Å². The Balaban J connectivity index is 1.62. The fourth-order valence-corrected chi connectivity index (χ4v) is 3.66. The number of aromatic carboxylic acids is 1. The number of carboxylic acids is 1. The molecule has 0 bridgehead atoms. The van der Waals surface area contributed by atoms with Gasteiger partial charge in [0.2, 0.25) is 0 Å². The Labute approximate surface area is 171 Å². The topological polar surface area (TPSA) is 99.4 Å². The lowest BCUT2D eigenvalue weighted by molar-refractivity contribution is 0.0696. The van der Waals surface area contributed by atoms with Crippen molar-refractivity contribution in [2.45, 2.75) is 13.8 Å². The van der Waals surface area contributed by atoms with Crippen LogP contribution in [-0.4, -0.2) is 26.2 Å². The largest absolute Gasteiger partial charge is 0.507 e. The van der Waals surface area contributed by atoms with Crippen LogP contribution in [0.1, 0.15) is 21.5 Å². The van der Waals surface area contributed by atoms with Gasteiger partial charge in [-0.3, -0.25) is 0 Å². The summed E-state index contributed by atoms with van der Waals surface area (Å²) in [5, 5.41) is 20.8. The smallest absolute Gasteiger partial charge is 0.335 e. The molecule has 0 radical (unpaired) electrons. The fraction of sp³-hybridized carbons (Fsp3) is 0.0833. The first-order valence-electron chi connectivity index (χ1n) is 9.47. The van der Waals surface area contributed by atoms with Crippen LogP contribution >= 0.6 is 0 Å². The van der Waals surface area contributed by atoms with Gasteiger partial charge in [-0.15, -0.1) is 0 Å². The highest BCUT2D eigenvalue weighted by Crippen LogP contribution is 2.35. The molecule has 0 spiro atoms. The number of carbonyl (C=O) groups is 1. The number of aromatic amines is 1. The van der Waals surface area contributed by atoms with Gasteiger partial charge < -0.3 is 19.6 Å². The number of aromatic hydroxyl groups is 1. The molecule has 0 saturated heterocycles. The molecule has 6 heteroatoms. The molecule has 5 rings (SSSR count). The third kappa shape index (κ3) is 2.81. The molecule has 0 aliphatic rings. The number of furan rings is 1. The lowest BCUT2D eigenvalue weighted by atomic mass is 10.0. The lowest BCUT2D eigenvalue weighted by Crippen LogP contribution is -1.95. The van der Waals surface area contributed by atoms with Crippen LogP contribution in [0.3, 0.4) is 0 Å². The van der Waals surface area contributed by atoms with Crippen LogP contribution in [0, 0.1) is 13.8 Å². The molecule has 0 unspecified atom stereocenters. The number of aromatic nitrogens is 2. The van der Waals surface area contributed by atoms with Crippen molar-refractivity contribution in [2.24, 2.45) is 0 Å². The highest BCUT2D eigenvalue weighted by atomic mass is 16.4. The number of carboxylic acid groups (broad SMARTS) is 1. The van der Waals surface area contributed by atoms with Gasteiger partial charge >= 0.3 is 5.97 Å². The summed E-state index contributed by atoms with van der Waals surface area (Å²) >= 11 is 0. The molecule has 148 valence electrons. The van der Waals surface area contributed by atoms with Crippen molar-refractivity contribution in [3.63, 3.8) is 0 Å². The number of aryl methyl sites for hydroxylation is 2. The predicted octanol–water partition coefficient (Wildman–Crippen LogP) is 5.66. The van der Waals surface area contributed by atoms with E-state index in [-0.39, 0.29) is 11.3 Å². The van der Waals surface area contributed by atoms with E-state index < -0.39 is 5.97 Å². The van der Waals surface area contributed by atoms with Crippen LogP contribution in [0.2, 0.25) is 0 Å². The lowest BCUT2D eigenvalue weighted by Gasteiger charge is -2.04. The normalized spacial score (nSPS) is 11.4. The van der Waals surface area contributed by atoms with Crippen molar-refractivity contribution >= 4 is 27.8 Å². The number of phenols is 1. The Morgan fingerprint density at radius 3 is 2.53 bits per heavy atom. The van der Waals surface area contributed by atoms with Gasteiger partial charge in [-0.2, -0.15) is 0 Å². The monoisotopic (exact) mass is 398 g/mol. The van der Waals surface area contributed by atoms with Crippen molar-refractivity contribution < 1.29 is 19.4 Å². The van der Waals surface area contributed by atoms with Crippen LogP contribution in [0.5, 0.6) is 5.75 Å². The van der Waals surface area contributed by atoms with E-state index in [1.807, 2.05) is 24.3 Å². The van der Waals surface area contributed by atoms with Crippen molar-refractivity contribution in [1.82, 2.24) is 9.97 Å². The number of hydrogen-bond donors (Lipinski definition) is 3. The second kappa shape index (κ2) is 6.49. The summed E-state index contributed by atoms with van der Waals surface area (Å²) in [6.07, 6.45) is 0. The number of benzene rings is 3. The number of rotatable bonds is 3. The predicted molar refractivity (Wildman–Crippen MR) is 115 cm³/mol. The number of imidazole rings is 1. The van der Waals surface area contributed by atoms with Gasteiger partial charge in [-0.1, -0.05) is 18.2 Å². The third-order valence-corrected chi connectivity index (χ3v) is 5.42. The molecule has 3 aromatic carbocycles. The molecule has 0 fully saturated rings. The van der Waals surface area contributed by atoms with Gasteiger partial charge in [-0.05, 0) is 66.8 Å². The Morgan fingerprint density at radius 2 is 1.77 bits per heavy atom. The number of hydrogen-bond acceptors (Lipinski definition) is 4. The van der Waals surface area contributed by atoms with Gasteiger partial charge in [-0.25, -0.2) is 9.78 Å². The van der Waals surface area contributed by atoms with E-state index in [1.165, 1.54) is 23.3 Å². The number of H-pyrrole nitrogens is 1. The summed E-state index contributed by atoms with van der Waals surface area (Å²) < 4.78 is 6.04. The Kier molecular flexibility index (Phi) is 3.89. The van der Waals surface area contributed by atoms with E-state index >= 15 is 0 Å². The van der Waals surface area contributed by atoms with Crippen LogP contribution in [0.25, 0.3) is 44.7 Å². The Hall–Kier alpha value is -4.06. The quantitative estimate of drug-likeness (QED) is 0.364. The number of phenolic OH excluding ortho intramolecular Hbond substituents is 1. The van der Waals surface area contributed by atoms with Gasteiger partial charge in [0.1, 0.15) is 17.0 Å². The molecule has 2 heterocycles. The second-order valence-corrected chi connectivity index (χ2v) is 7.41. The molecule has 0 atom stereocenters. The second-order valence-electron chi connectivity index (χ2n) is 7.41. The average Bonchev–Trinajstić information content (AvgIpc) is 3.36. The Morgan fingerprint density at radius 1 is 0.967 bits per heavy atom. The van der Waals surface area contributed by atoms with Crippen LogP contribution in [0.15, 0.2) is 59.0 Å². The maximum Gasteiger partial charge on any atom is 0.335 e. The summed E-state index contributed by atoms with van der Waals surface area (Å²) in [6.45, 7) is 4.13. The first-order chi connectivity index (χ1) is 14.4. The van der Waals surface area contributed by atoms with Gasteiger partial charge in [0, 0.05) is 5.56 Å². The maximum absolute atomic E-state index is 11.3. The summed E-state index contributed by atoms with van der Waals surface area (Å²) in [4.78, 5) is 19.1. The van der Waals surface area contributed by atoms with Crippen molar-refractivity contribution in [3.8, 4) is 28.7 Å². The molecule has 0 saturated carbocycles. The average molecular weight is 398 g/mol. The SMILES string of the molecule is Cc1ccc(-c2ccc(-c3nc4c(ccc5cc(C(=O)O)cc(O)c54)[nH]3)o2)cc1C. The summed E-state index contributed by atoms with van der Waals surface area (Å²) in [5.41, 5.74) is 4.71. The molecule has 0 amide bonds. The molecule has 0 aliphatic heterocycles. The molecular weight excluding hydrogens is 380 g/mol. The van der Waals surface area contributed by atoms with Crippen LogP contribution in [-0.2, 0) is 0 Å². The number of nitrogens with one attached hydrogen (secondary N) is 1. The minimum atomic E-state index is -1.09. The van der Waals surface area contributed by atoms with E-state index in [9.17, 15) is 15.0 Å². The van der Waals surface area contributed by atoms with E-state index in [1.54, 1.807) is 6.07 Å². The fourth-order valence-electron chi connectivity index (χ4n) is 3.66. The zero-order valence-corrected chi connectivity index (χ0v) is 16.4. The maximum atomic E-state index is 11.3. The number of nitrogens with zero attached hydrogens (tertiary/aromatic N) is 1. The third-order valence-electron chi connectivity index (χ3n) is 5.42. The molecular formula is C24H18N2O4. The first-order valence-corrected chi connectivity index (χ1v) is 9.47. The van der Waals surface area contributed by atoms with E-state index in [2.05, 4.69) is 35.9 Å². The highest BCUT2D eigenvalue weighted by molar-refractivity contribution is 6.10. The molecule has 2 aromatic heterocycles. The summed E-state index contributed by atoms with van der Waals surface area (Å²) in [7, 11) is 0. The molecule has 5 aromatic rings. The van der Waals surface area contributed by atoms with Crippen molar-refractivity contribution in [2.75, 3.05) is 0 Å². The molecule has 0 aliphatic carbocycles. The van der Waals surface area contributed by atoms with Gasteiger partial charge in [0.05, 0.1) is 16.5 Å². The van der Waals surface area contributed by atoms with E-state index in [4.69, 9.17) is 4.42 Å². The van der Waals surface area contributed by atoms with E-state index in [0.29, 0.717) is 27.9 Å². The summed E-state index contributed by atoms with van der Waals surface area (Å²) in [6, 6.07) is 16.3. The molecule has 30 heavy (non-hydrogen) atoms. The molecule has 6 nitrogen and oxygen atoms in total.